The van der Waals surface area contributed by atoms with Crippen molar-refractivity contribution >= 4 is 22.2 Å². The summed E-state index contributed by atoms with van der Waals surface area (Å²) in [7, 11) is 0. The molecule has 19 heavy (non-hydrogen) atoms. The number of hydrogen-bond donors (Lipinski definition) is 0. The highest BCUT2D eigenvalue weighted by Crippen LogP contribution is 2.27. The minimum atomic E-state index is -0.382. The molecule has 0 unspecified atom stereocenters. The van der Waals surface area contributed by atoms with E-state index >= 15 is 0 Å². The van der Waals surface area contributed by atoms with Crippen LogP contribution in [-0.4, -0.2) is 16.1 Å². The van der Waals surface area contributed by atoms with Gasteiger partial charge < -0.3 is 0 Å². The third-order valence-corrected chi connectivity index (χ3v) is 3.33. The van der Waals surface area contributed by atoms with Crippen molar-refractivity contribution in [3.63, 3.8) is 0 Å². The van der Waals surface area contributed by atoms with E-state index in [0.717, 1.165) is 23.9 Å². The van der Waals surface area contributed by atoms with Crippen LogP contribution in [0.4, 0.5) is 4.39 Å². The van der Waals surface area contributed by atoms with Crippen LogP contribution in [0.3, 0.4) is 0 Å². The molecule has 1 aromatic carbocycles. The molecule has 0 fully saturated rings. The maximum Gasteiger partial charge on any atom is 0.153 e. The Hall–Kier alpha value is -1.49. The zero-order valence-electron chi connectivity index (χ0n) is 10.6. The smallest absolute Gasteiger partial charge is 0.153 e. The number of nitrogens with zero attached hydrogens (tertiary/aromatic N) is 2. The van der Waals surface area contributed by atoms with Gasteiger partial charge in [0.25, 0.3) is 0 Å². The van der Waals surface area contributed by atoms with Crippen LogP contribution in [0.1, 0.15) is 30.1 Å². The van der Waals surface area contributed by atoms with Crippen LogP contribution in [0.15, 0.2) is 28.9 Å². The number of carbonyl (C=O) groups is 1. The lowest BCUT2D eigenvalue weighted by molar-refractivity contribution is 0.112. The van der Waals surface area contributed by atoms with E-state index in [-0.39, 0.29) is 5.82 Å². The average Bonchev–Trinajstić information content (AvgIpc) is 2.82. The summed E-state index contributed by atoms with van der Waals surface area (Å²) in [6.07, 6.45) is 4.39. The fraction of sp³-hybridized carbons (Fsp3) is 0.286. The van der Waals surface area contributed by atoms with E-state index in [1.54, 1.807) is 23.0 Å². The zero-order chi connectivity index (χ0) is 13.8. The predicted octanol–water partition coefficient (Wildman–Crippen LogP) is 4.06. The zero-order valence-corrected chi connectivity index (χ0v) is 12.2. The van der Waals surface area contributed by atoms with E-state index in [2.05, 4.69) is 28.0 Å². The first kappa shape index (κ1) is 13.9. The highest BCUT2D eigenvalue weighted by Gasteiger charge is 2.14. The number of aldehydes is 1. The second-order valence-corrected chi connectivity index (χ2v) is 5.21. The lowest BCUT2D eigenvalue weighted by Gasteiger charge is -2.02. The summed E-state index contributed by atoms with van der Waals surface area (Å²) in [5, 5.41) is 4.32. The largest absolute Gasteiger partial charge is 0.298 e. The molecule has 0 spiro atoms. The van der Waals surface area contributed by atoms with Gasteiger partial charge >= 0.3 is 0 Å². The maximum absolute atomic E-state index is 13.8. The van der Waals surface area contributed by atoms with E-state index in [9.17, 15) is 9.18 Å². The first-order chi connectivity index (χ1) is 9.15. The van der Waals surface area contributed by atoms with Gasteiger partial charge in [-0.3, -0.25) is 9.48 Å². The number of unbranched alkanes of at least 4 members (excludes halogenated alkanes) is 1. The van der Waals surface area contributed by atoms with Crippen LogP contribution in [0.2, 0.25) is 0 Å². The van der Waals surface area contributed by atoms with Crippen molar-refractivity contribution < 1.29 is 9.18 Å². The monoisotopic (exact) mass is 324 g/mol. The predicted molar refractivity (Wildman–Crippen MR) is 75.6 cm³/mol. The number of aromatic nitrogens is 2. The third-order valence-electron chi connectivity index (χ3n) is 2.84. The fourth-order valence-electron chi connectivity index (χ4n) is 1.85. The molecule has 0 aliphatic rings. The summed E-state index contributed by atoms with van der Waals surface area (Å²) in [4.78, 5) is 11.1. The Morgan fingerprint density at radius 2 is 2.26 bits per heavy atom. The Labute approximate surface area is 119 Å². The Morgan fingerprint density at radius 3 is 2.95 bits per heavy atom. The van der Waals surface area contributed by atoms with Gasteiger partial charge in [0.2, 0.25) is 0 Å². The summed E-state index contributed by atoms with van der Waals surface area (Å²) in [6.45, 7) is 2.81. The minimum absolute atomic E-state index is 0.340. The topological polar surface area (TPSA) is 34.9 Å². The molecular weight excluding hydrogens is 311 g/mol. The number of carbonyl (C=O) groups excluding carboxylic acids is 1. The molecule has 0 saturated carbocycles. The summed E-state index contributed by atoms with van der Waals surface area (Å²) in [6, 6.07) is 4.61. The molecule has 0 aliphatic carbocycles. The van der Waals surface area contributed by atoms with Crippen molar-refractivity contribution in [2.24, 2.45) is 0 Å². The van der Waals surface area contributed by atoms with E-state index in [0.29, 0.717) is 23.1 Å². The van der Waals surface area contributed by atoms with Gasteiger partial charge in [-0.15, -0.1) is 0 Å². The molecular formula is C14H14BrFN2O. The fourth-order valence-corrected chi connectivity index (χ4v) is 2.21. The number of halogens is 2. The molecule has 0 bridgehead atoms. The van der Waals surface area contributed by atoms with Gasteiger partial charge in [-0.05, 0) is 24.6 Å². The molecule has 2 aromatic rings. The molecule has 0 radical (unpaired) electrons. The summed E-state index contributed by atoms with van der Waals surface area (Å²) < 4.78 is 16.3. The Balaban J connectivity index is 2.45. The lowest BCUT2D eigenvalue weighted by atomic mass is 10.1. The van der Waals surface area contributed by atoms with Crippen LogP contribution in [-0.2, 0) is 6.54 Å². The molecule has 0 saturated heterocycles. The SMILES string of the molecule is CCCCn1cc(C=O)c(-c2cc(Br)ccc2F)n1. The molecule has 0 amide bonds. The normalized spacial score (nSPS) is 10.7. The molecule has 0 N–H and O–H groups in total. The lowest BCUT2D eigenvalue weighted by Crippen LogP contribution is -1.98. The van der Waals surface area contributed by atoms with Gasteiger partial charge in [0.1, 0.15) is 11.5 Å². The third kappa shape index (κ3) is 3.10. The van der Waals surface area contributed by atoms with Gasteiger partial charge in [0.05, 0.1) is 5.56 Å². The standard InChI is InChI=1S/C14H14BrFN2O/c1-2-3-6-18-8-10(9-19)14(17-18)12-7-11(15)4-5-13(12)16/h4-5,7-9H,2-3,6H2,1H3. The number of aryl methyl sites for hydroxylation is 1. The van der Waals surface area contributed by atoms with Crippen molar-refractivity contribution in [3.8, 4) is 11.3 Å². The molecule has 5 heteroatoms. The Bertz CT molecular complexity index is 595. The molecule has 1 heterocycles. The molecule has 2 rings (SSSR count). The van der Waals surface area contributed by atoms with Crippen LogP contribution in [0.25, 0.3) is 11.3 Å². The number of hydrogen-bond acceptors (Lipinski definition) is 2. The molecule has 100 valence electrons. The van der Waals surface area contributed by atoms with Crippen LogP contribution >= 0.6 is 15.9 Å². The second kappa shape index (κ2) is 6.10. The first-order valence-corrected chi connectivity index (χ1v) is 6.93. The van der Waals surface area contributed by atoms with Crippen molar-refractivity contribution in [1.82, 2.24) is 9.78 Å². The van der Waals surface area contributed by atoms with Crippen molar-refractivity contribution in [3.05, 3.63) is 40.2 Å². The van der Waals surface area contributed by atoms with E-state index in [4.69, 9.17) is 0 Å². The van der Waals surface area contributed by atoms with Gasteiger partial charge in [0.15, 0.2) is 6.29 Å². The van der Waals surface area contributed by atoms with Gasteiger partial charge in [-0.2, -0.15) is 5.10 Å². The van der Waals surface area contributed by atoms with Crippen molar-refractivity contribution in [2.75, 3.05) is 0 Å². The van der Waals surface area contributed by atoms with Crippen LogP contribution < -0.4 is 0 Å². The van der Waals surface area contributed by atoms with Crippen LogP contribution in [0, 0.1) is 5.82 Å². The number of rotatable bonds is 5. The van der Waals surface area contributed by atoms with Crippen molar-refractivity contribution in [1.29, 1.82) is 0 Å². The Kier molecular flexibility index (Phi) is 4.47. The maximum atomic E-state index is 13.8. The molecule has 0 atom stereocenters. The molecule has 0 aliphatic heterocycles. The van der Waals surface area contributed by atoms with Crippen LogP contribution in [0.5, 0.6) is 0 Å². The Morgan fingerprint density at radius 1 is 1.47 bits per heavy atom. The molecule has 3 nitrogen and oxygen atoms in total. The quantitative estimate of drug-likeness (QED) is 0.777. The minimum Gasteiger partial charge on any atom is -0.298 e. The van der Waals surface area contributed by atoms with Crippen molar-refractivity contribution in [2.45, 2.75) is 26.3 Å². The molecule has 1 aromatic heterocycles. The summed E-state index contributed by atoms with van der Waals surface area (Å²) in [5.41, 5.74) is 1.14. The summed E-state index contributed by atoms with van der Waals surface area (Å²) >= 11 is 3.30. The van der Waals surface area contributed by atoms with E-state index < -0.39 is 0 Å². The average molecular weight is 325 g/mol. The van der Waals surface area contributed by atoms with Gasteiger partial charge in [-0.1, -0.05) is 29.3 Å². The highest BCUT2D eigenvalue weighted by molar-refractivity contribution is 9.10. The van der Waals surface area contributed by atoms with E-state index in [1.807, 2.05) is 0 Å². The summed E-state index contributed by atoms with van der Waals surface area (Å²) in [5.74, 6) is -0.382. The van der Waals surface area contributed by atoms with E-state index in [1.165, 1.54) is 6.07 Å². The second-order valence-electron chi connectivity index (χ2n) is 4.29. The van der Waals surface area contributed by atoms with Gasteiger partial charge in [-0.25, -0.2) is 4.39 Å². The van der Waals surface area contributed by atoms with Gasteiger partial charge in [0, 0.05) is 22.8 Å². The highest BCUT2D eigenvalue weighted by atomic mass is 79.9. The first-order valence-electron chi connectivity index (χ1n) is 6.13. The number of benzene rings is 1.